The molecule has 0 aliphatic heterocycles. The summed E-state index contributed by atoms with van der Waals surface area (Å²) in [5, 5.41) is 8.89. The quantitative estimate of drug-likeness (QED) is 0.484. The molecule has 5 heteroatoms. The molecule has 0 radical (unpaired) electrons. The van der Waals surface area contributed by atoms with Crippen LogP contribution >= 0.6 is 0 Å². The molecule has 0 atom stereocenters. The third kappa shape index (κ3) is 4.70. The highest BCUT2D eigenvalue weighted by atomic mass is 16.2. The van der Waals surface area contributed by atoms with Crippen LogP contribution in [0, 0.1) is 0 Å². The van der Waals surface area contributed by atoms with Gasteiger partial charge in [-0.2, -0.15) is 10.2 Å². The molecule has 3 rings (SSSR count). The Hall–Kier alpha value is -3.21. The van der Waals surface area contributed by atoms with E-state index < -0.39 is 0 Å². The van der Waals surface area contributed by atoms with Crippen molar-refractivity contribution in [2.24, 2.45) is 5.10 Å². The molecule has 3 aromatic rings. The van der Waals surface area contributed by atoms with Gasteiger partial charge in [-0.15, -0.1) is 0 Å². The van der Waals surface area contributed by atoms with Crippen molar-refractivity contribution in [1.82, 2.24) is 15.2 Å². The first kappa shape index (κ1) is 18.6. The Bertz CT molecular complexity index is 914. The fourth-order valence-corrected chi connectivity index (χ4v) is 2.76. The van der Waals surface area contributed by atoms with Crippen LogP contribution in [0.2, 0.25) is 0 Å². The molecule has 138 valence electrons. The van der Waals surface area contributed by atoms with Crippen LogP contribution in [-0.4, -0.2) is 21.4 Å². The summed E-state index contributed by atoms with van der Waals surface area (Å²) in [5.41, 5.74) is 6.52. The summed E-state index contributed by atoms with van der Waals surface area (Å²) >= 11 is 0. The number of hydrogen-bond donors (Lipinski definition) is 1. The van der Waals surface area contributed by atoms with Gasteiger partial charge < -0.3 is 0 Å². The van der Waals surface area contributed by atoms with E-state index in [2.05, 4.69) is 22.5 Å². The van der Waals surface area contributed by atoms with Crippen molar-refractivity contribution < 1.29 is 4.79 Å². The highest BCUT2D eigenvalue weighted by Crippen LogP contribution is 2.23. The molecule has 2 aromatic carbocycles. The van der Waals surface area contributed by atoms with E-state index in [1.807, 2.05) is 67.6 Å². The zero-order valence-electron chi connectivity index (χ0n) is 15.7. The molecule has 5 nitrogen and oxygen atoms in total. The van der Waals surface area contributed by atoms with Gasteiger partial charge in [-0.1, -0.05) is 61.9 Å². The van der Waals surface area contributed by atoms with Crippen molar-refractivity contribution in [2.75, 3.05) is 0 Å². The molecule has 0 bridgehead atoms. The third-order valence-electron chi connectivity index (χ3n) is 4.27. The molecule has 0 spiro atoms. The lowest BCUT2D eigenvalue weighted by molar-refractivity contribution is 0.0955. The van der Waals surface area contributed by atoms with E-state index >= 15 is 0 Å². The van der Waals surface area contributed by atoms with Gasteiger partial charge in [0, 0.05) is 17.5 Å². The molecule has 1 heterocycles. The van der Waals surface area contributed by atoms with Gasteiger partial charge in [-0.25, -0.2) is 10.1 Å². The molecule has 1 aromatic heterocycles. The van der Waals surface area contributed by atoms with E-state index in [4.69, 9.17) is 0 Å². The minimum atomic E-state index is -0.258. The Labute approximate surface area is 159 Å². The van der Waals surface area contributed by atoms with Gasteiger partial charge >= 0.3 is 0 Å². The van der Waals surface area contributed by atoms with E-state index in [9.17, 15) is 4.79 Å². The maximum Gasteiger partial charge on any atom is 0.275 e. The SMILES string of the molecule is CCCC/C(C)=N\NC(=O)c1cn(-c2ccccc2)nc1-c1ccccc1. The number of nitrogens with zero attached hydrogens (tertiary/aromatic N) is 3. The first-order valence-electron chi connectivity index (χ1n) is 9.23. The summed E-state index contributed by atoms with van der Waals surface area (Å²) in [7, 11) is 0. The monoisotopic (exact) mass is 360 g/mol. The standard InChI is InChI=1S/C22H24N4O/c1-3-4-11-17(2)23-24-22(27)20-16-26(19-14-9-6-10-15-19)25-21(20)18-12-7-5-8-13-18/h5-10,12-16H,3-4,11H2,1-2H3,(H,24,27)/b23-17-. The summed E-state index contributed by atoms with van der Waals surface area (Å²) in [4.78, 5) is 12.8. The molecule has 1 N–H and O–H groups in total. The van der Waals surface area contributed by atoms with Crippen LogP contribution in [-0.2, 0) is 0 Å². The van der Waals surface area contributed by atoms with Crippen molar-refractivity contribution in [3.8, 4) is 16.9 Å². The molecular weight excluding hydrogens is 336 g/mol. The fraction of sp³-hybridized carbons (Fsp3) is 0.227. The van der Waals surface area contributed by atoms with E-state index in [0.29, 0.717) is 11.3 Å². The lowest BCUT2D eigenvalue weighted by atomic mass is 10.1. The normalized spacial score (nSPS) is 11.4. The van der Waals surface area contributed by atoms with Crippen molar-refractivity contribution in [2.45, 2.75) is 33.1 Å². The van der Waals surface area contributed by atoms with Gasteiger partial charge in [-0.3, -0.25) is 4.79 Å². The summed E-state index contributed by atoms with van der Waals surface area (Å²) in [6.07, 6.45) is 4.80. The lowest BCUT2D eigenvalue weighted by Crippen LogP contribution is -2.19. The number of benzene rings is 2. The van der Waals surface area contributed by atoms with Crippen molar-refractivity contribution >= 4 is 11.6 Å². The number of hydrogen-bond acceptors (Lipinski definition) is 3. The number of amides is 1. The van der Waals surface area contributed by atoms with Gasteiger partial charge in [-0.05, 0) is 31.9 Å². The van der Waals surface area contributed by atoms with Gasteiger partial charge in [0.2, 0.25) is 0 Å². The van der Waals surface area contributed by atoms with E-state index in [1.165, 1.54) is 0 Å². The minimum absolute atomic E-state index is 0.258. The van der Waals surface area contributed by atoms with Crippen LogP contribution in [0.3, 0.4) is 0 Å². The number of hydrazone groups is 1. The zero-order chi connectivity index (χ0) is 19.1. The van der Waals surface area contributed by atoms with Crippen LogP contribution in [0.4, 0.5) is 0 Å². The number of rotatable bonds is 7. The van der Waals surface area contributed by atoms with Crippen LogP contribution in [0.5, 0.6) is 0 Å². The van der Waals surface area contributed by atoms with Crippen LogP contribution in [0.25, 0.3) is 16.9 Å². The molecule has 0 aliphatic carbocycles. The molecule has 0 unspecified atom stereocenters. The van der Waals surface area contributed by atoms with Gasteiger partial charge in [0.1, 0.15) is 5.69 Å². The van der Waals surface area contributed by atoms with Gasteiger partial charge in [0.05, 0.1) is 11.3 Å². The molecule has 0 fully saturated rings. The topological polar surface area (TPSA) is 59.3 Å². The van der Waals surface area contributed by atoms with Crippen LogP contribution in [0.1, 0.15) is 43.5 Å². The largest absolute Gasteiger partial charge is 0.275 e. The van der Waals surface area contributed by atoms with E-state index in [1.54, 1.807) is 10.9 Å². The second-order valence-electron chi connectivity index (χ2n) is 6.43. The molecular formula is C22H24N4O. The molecule has 1 amide bonds. The van der Waals surface area contributed by atoms with Crippen molar-refractivity contribution in [1.29, 1.82) is 0 Å². The highest BCUT2D eigenvalue weighted by molar-refractivity contribution is 6.00. The number of para-hydroxylation sites is 1. The lowest BCUT2D eigenvalue weighted by Gasteiger charge is -2.03. The molecule has 0 aliphatic rings. The van der Waals surface area contributed by atoms with Crippen LogP contribution < -0.4 is 5.43 Å². The third-order valence-corrected chi connectivity index (χ3v) is 4.27. The summed E-state index contributed by atoms with van der Waals surface area (Å²) in [6, 6.07) is 19.5. The first-order chi connectivity index (χ1) is 13.2. The van der Waals surface area contributed by atoms with E-state index in [0.717, 1.165) is 36.2 Å². The van der Waals surface area contributed by atoms with Crippen molar-refractivity contribution in [3.05, 3.63) is 72.4 Å². The van der Waals surface area contributed by atoms with Crippen LogP contribution in [0.15, 0.2) is 72.0 Å². The molecule has 27 heavy (non-hydrogen) atoms. The van der Waals surface area contributed by atoms with E-state index in [-0.39, 0.29) is 5.91 Å². The average Bonchev–Trinajstić information content (AvgIpc) is 3.17. The molecule has 0 saturated carbocycles. The predicted octanol–water partition coefficient (Wildman–Crippen LogP) is 4.84. The first-order valence-corrected chi connectivity index (χ1v) is 9.23. The Morgan fingerprint density at radius 3 is 2.41 bits per heavy atom. The maximum absolute atomic E-state index is 12.8. The average molecular weight is 360 g/mol. The smallest absolute Gasteiger partial charge is 0.267 e. The fourth-order valence-electron chi connectivity index (χ4n) is 2.76. The summed E-state index contributed by atoms with van der Waals surface area (Å²) < 4.78 is 1.73. The number of carbonyl (C=O) groups excluding carboxylic acids is 1. The van der Waals surface area contributed by atoms with Crippen molar-refractivity contribution in [3.63, 3.8) is 0 Å². The van der Waals surface area contributed by atoms with Gasteiger partial charge in [0.15, 0.2) is 0 Å². The molecule has 0 saturated heterocycles. The highest BCUT2D eigenvalue weighted by Gasteiger charge is 2.18. The number of unbranched alkanes of at least 4 members (excludes halogenated alkanes) is 1. The van der Waals surface area contributed by atoms with Gasteiger partial charge in [0.25, 0.3) is 5.91 Å². The Morgan fingerprint density at radius 1 is 1.07 bits per heavy atom. The number of nitrogens with one attached hydrogen (secondary N) is 1. The Balaban J connectivity index is 1.93. The zero-order valence-corrected chi connectivity index (χ0v) is 15.7. The predicted molar refractivity (Wildman–Crippen MR) is 109 cm³/mol. The summed E-state index contributed by atoms with van der Waals surface area (Å²) in [5.74, 6) is -0.258. The Kier molecular flexibility index (Phi) is 6.15. The Morgan fingerprint density at radius 2 is 1.74 bits per heavy atom. The number of carbonyl (C=O) groups is 1. The number of aromatic nitrogens is 2. The summed E-state index contributed by atoms with van der Waals surface area (Å²) in [6.45, 7) is 4.07. The minimum Gasteiger partial charge on any atom is -0.267 e. The maximum atomic E-state index is 12.8. The second-order valence-corrected chi connectivity index (χ2v) is 6.43. The second kappa shape index (κ2) is 8.94.